The quantitative estimate of drug-likeness (QED) is 0.716. The Morgan fingerprint density at radius 3 is 2.70 bits per heavy atom. The molecule has 1 aromatic heterocycles. The number of ether oxygens (including phenoxy) is 1. The van der Waals surface area contributed by atoms with Crippen LogP contribution in [0.4, 0.5) is 10.5 Å². The minimum absolute atomic E-state index is 0.134. The molecule has 2 aromatic carbocycles. The van der Waals surface area contributed by atoms with Crippen LogP contribution in [-0.2, 0) is 11.3 Å². The summed E-state index contributed by atoms with van der Waals surface area (Å²) < 4.78 is 10.7. The van der Waals surface area contributed by atoms with Gasteiger partial charge in [-0.1, -0.05) is 30.3 Å². The van der Waals surface area contributed by atoms with E-state index in [1.54, 1.807) is 12.1 Å². The molecule has 1 aliphatic rings. The summed E-state index contributed by atoms with van der Waals surface area (Å²) in [5.41, 5.74) is 8.31. The molecule has 1 amide bonds. The first-order valence-electron chi connectivity index (χ1n) is 8.86. The summed E-state index contributed by atoms with van der Waals surface area (Å²) in [5.74, 6) is 0. The molecule has 0 radical (unpaired) electrons. The number of anilines is 1. The summed E-state index contributed by atoms with van der Waals surface area (Å²) in [6.07, 6.45) is -0.707. The van der Waals surface area contributed by atoms with Gasteiger partial charge >= 0.3 is 11.7 Å². The summed E-state index contributed by atoms with van der Waals surface area (Å²) in [5, 5.41) is 0.753. The van der Waals surface area contributed by atoms with Gasteiger partial charge in [0.2, 0.25) is 0 Å². The van der Waals surface area contributed by atoms with Gasteiger partial charge in [-0.05, 0) is 30.7 Å². The lowest BCUT2D eigenvalue weighted by Crippen LogP contribution is -2.39. The van der Waals surface area contributed by atoms with Gasteiger partial charge in [-0.15, -0.1) is 0 Å². The van der Waals surface area contributed by atoms with Gasteiger partial charge in [0.05, 0.1) is 0 Å². The predicted octanol–water partition coefficient (Wildman–Crippen LogP) is 3.73. The molecule has 0 saturated heterocycles. The summed E-state index contributed by atoms with van der Waals surface area (Å²) in [4.78, 5) is 25.3. The Labute approximate surface area is 156 Å². The molecule has 27 heavy (non-hydrogen) atoms. The van der Waals surface area contributed by atoms with E-state index in [1.165, 1.54) is 11.6 Å². The van der Waals surface area contributed by atoms with Crippen molar-refractivity contribution in [2.75, 3.05) is 4.90 Å². The topological polar surface area (TPSA) is 85.8 Å². The summed E-state index contributed by atoms with van der Waals surface area (Å²) >= 11 is 0. The van der Waals surface area contributed by atoms with Crippen LogP contribution >= 0.6 is 0 Å². The molecule has 3 aromatic rings. The largest absolute Gasteiger partial charge is 0.441 e. The second-order valence-corrected chi connectivity index (χ2v) is 6.79. The van der Waals surface area contributed by atoms with Gasteiger partial charge in [0.1, 0.15) is 11.7 Å². The second kappa shape index (κ2) is 6.79. The average Bonchev–Trinajstić information content (AvgIpc) is 2.64. The number of nitrogens with two attached hydrogens (primary N) is 1. The zero-order valence-corrected chi connectivity index (χ0v) is 14.9. The molecule has 2 atom stereocenters. The monoisotopic (exact) mass is 364 g/mol. The van der Waals surface area contributed by atoms with Gasteiger partial charge < -0.3 is 19.8 Å². The molecule has 0 saturated carbocycles. The standard InChI is InChI=1S/C21H20N2O4/c1-13-11-18(27-21(22)25)20-15-7-10-19(24)26-17(15)9-8-16(20)23(13)12-14-5-3-2-4-6-14/h2-10,13,18H,11-12H2,1H3,(H2,22,25)/t13-,18+/m1/s1. The zero-order chi connectivity index (χ0) is 19.0. The lowest BCUT2D eigenvalue weighted by Gasteiger charge is -2.40. The number of carbonyl (C=O) groups excluding carboxylic acids is 1. The van der Waals surface area contributed by atoms with Crippen molar-refractivity contribution in [1.29, 1.82) is 0 Å². The summed E-state index contributed by atoms with van der Waals surface area (Å²) in [6.45, 7) is 2.82. The SMILES string of the molecule is C[C@@H]1C[C@H](OC(N)=O)c2c(ccc3oc(=O)ccc23)N1Cc1ccccc1. The maximum Gasteiger partial charge on any atom is 0.405 e. The second-order valence-electron chi connectivity index (χ2n) is 6.79. The average molecular weight is 364 g/mol. The van der Waals surface area contributed by atoms with E-state index in [2.05, 4.69) is 24.0 Å². The Hall–Kier alpha value is -3.28. The van der Waals surface area contributed by atoms with E-state index < -0.39 is 17.8 Å². The Morgan fingerprint density at radius 2 is 1.96 bits per heavy atom. The van der Waals surface area contributed by atoms with E-state index in [-0.39, 0.29) is 6.04 Å². The van der Waals surface area contributed by atoms with Gasteiger partial charge in [0, 0.05) is 41.7 Å². The van der Waals surface area contributed by atoms with Crippen LogP contribution in [0.25, 0.3) is 11.0 Å². The highest BCUT2D eigenvalue weighted by atomic mass is 16.6. The van der Waals surface area contributed by atoms with Crippen LogP contribution < -0.4 is 16.3 Å². The van der Waals surface area contributed by atoms with Crippen molar-refractivity contribution in [3.05, 3.63) is 76.1 Å². The van der Waals surface area contributed by atoms with Crippen molar-refractivity contribution >= 4 is 22.7 Å². The van der Waals surface area contributed by atoms with Crippen molar-refractivity contribution in [3.8, 4) is 0 Å². The molecule has 0 fully saturated rings. The molecule has 0 bridgehead atoms. The molecule has 138 valence electrons. The van der Waals surface area contributed by atoms with Crippen molar-refractivity contribution in [3.63, 3.8) is 0 Å². The molecule has 0 spiro atoms. The third-order valence-electron chi connectivity index (χ3n) is 4.99. The van der Waals surface area contributed by atoms with E-state index >= 15 is 0 Å². The van der Waals surface area contributed by atoms with Gasteiger partial charge in [-0.2, -0.15) is 0 Å². The number of rotatable bonds is 3. The highest BCUT2D eigenvalue weighted by Gasteiger charge is 2.34. The lowest BCUT2D eigenvalue weighted by molar-refractivity contribution is 0.0945. The van der Waals surface area contributed by atoms with Crippen LogP contribution in [0.1, 0.15) is 30.6 Å². The minimum atomic E-state index is -0.816. The highest BCUT2D eigenvalue weighted by molar-refractivity contribution is 5.87. The molecule has 0 unspecified atom stereocenters. The zero-order valence-electron chi connectivity index (χ0n) is 14.9. The van der Waals surface area contributed by atoms with Gasteiger partial charge in [-0.25, -0.2) is 9.59 Å². The number of hydrogen-bond acceptors (Lipinski definition) is 5. The molecular formula is C21H20N2O4. The first kappa shape index (κ1) is 17.1. The fraction of sp³-hybridized carbons (Fsp3) is 0.238. The van der Waals surface area contributed by atoms with Gasteiger partial charge in [0.15, 0.2) is 0 Å². The van der Waals surface area contributed by atoms with Crippen molar-refractivity contribution in [2.24, 2.45) is 5.73 Å². The Bertz CT molecular complexity index is 1040. The van der Waals surface area contributed by atoms with Crippen LogP contribution in [0, 0.1) is 0 Å². The molecule has 0 aliphatic carbocycles. The minimum Gasteiger partial charge on any atom is -0.441 e. The molecule has 4 rings (SSSR count). The highest BCUT2D eigenvalue weighted by Crippen LogP contribution is 2.43. The molecule has 2 heterocycles. The third kappa shape index (κ3) is 3.26. The molecule has 6 nitrogen and oxygen atoms in total. The van der Waals surface area contributed by atoms with E-state index in [0.29, 0.717) is 12.0 Å². The van der Waals surface area contributed by atoms with Crippen molar-refractivity contribution in [2.45, 2.75) is 32.0 Å². The Balaban J connectivity index is 1.86. The summed E-state index contributed by atoms with van der Waals surface area (Å²) in [6, 6.07) is 17.1. The number of hydrogen-bond donors (Lipinski definition) is 1. The predicted molar refractivity (Wildman–Crippen MR) is 103 cm³/mol. The third-order valence-corrected chi connectivity index (χ3v) is 4.99. The number of nitrogens with zero attached hydrogens (tertiary/aromatic N) is 1. The van der Waals surface area contributed by atoms with E-state index in [4.69, 9.17) is 14.9 Å². The fourth-order valence-corrected chi connectivity index (χ4v) is 3.81. The first-order valence-corrected chi connectivity index (χ1v) is 8.86. The maximum absolute atomic E-state index is 11.6. The molecule has 1 aliphatic heterocycles. The van der Waals surface area contributed by atoms with E-state index in [0.717, 1.165) is 23.2 Å². The van der Waals surface area contributed by atoms with Crippen LogP contribution in [-0.4, -0.2) is 12.1 Å². The normalized spacial score (nSPS) is 18.9. The number of amides is 1. The lowest BCUT2D eigenvalue weighted by atomic mass is 9.90. The number of fused-ring (bicyclic) bond motifs is 3. The van der Waals surface area contributed by atoms with Crippen LogP contribution in [0.5, 0.6) is 0 Å². The number of carbonyl (C=O) groups is 1. The Morgan fingerprint density at radius 1 is 1.19 bits per heavy atom. The molecule has 2 N–H and O–H groups in total. The summed E-state index contributed by atoms with van der Waals surface area (Å²) in [7, 11) is 0. The molecular weight excluding hydrogens is 344 g/mol. The molecule has 6 heteroatoms. The first-order chi connectivity index (χ1) is 13.0. The maximum atomic E-state index is 11.6. The van der Waals surface area contributed by atoms with E-state index in [1.807, 2.05) is 24.3 Å². The number of primary amides is 1. The fourth-order valence-electron chi connectivity index (χ4n) is 3.81. The Kier molecular flexibility index (Phi) is 4.32. The van der Waals surface area contributed by atoms with Crippen LogP contribution in [0.2, 0.25) is 0 Å². The number of benzene rings is 2. The van der Waals surface area contributed by atoms with Crippen molar-refractivity contribution in [1.82, 2.24) is 0 Å². The van der Waals surface area contributed by atoms with Gasteiger partial charge in [0.25, 0.3) is 0 Å². The smallest absolute Gasteiger partial charge is 0.405 e. The van der Waals surface area contributed by atoms with Crippen LogP contribution in [0.3, 0.4) is 0 Å². The van der Waals surface area contributed by atoms with Crippen LogP contribution in [0.15, 0.2) is 63.8 Å². The van der Waals surface area contributed by atoms with E-state index in [9.17, 15) is 9.59 Å². The van der Waals surface area contributed by atoms with Crippen molar-refractivity contribution < 1.29 is 13.9 Å². The van der Waals surface area contributed by atoms with Gasteiger partial charge in [-0.3, -0.25) is 0 Å².